The van der Waals surface area contributed by atoms with Crippen molar-refractivity contribution in [3.63, 3.8) is 0 Å². The van der Waals surface area contributed by atoms with Crippen molar-refractivity contribution in [1.29, 1.82) is 0 Å². The number of amides is 2. The van der Waals surface area contributed by atoms with Gasteiger partial charge >= 0.3 is 0 Å². The highest BCUT2D eigenvalue weighted by atomic mass is 35.5. The number of nitrogens with one attached hydrogen (secondary N) is 1. The van der Waals surface area contributed by atoms with Crippen LogP contribution >= 0.6 is 11.6 Å². The Hall–Kier alpha value is -1.66. The minimum absolute atomic E-state index is 0.251. The molecule has 0 aromatic heterocycles. The monoisotopic (exact) mass is 342 g/mol. The van der Waals surface area contributed by atoms with E-state index in [2.05, 4.69) is 5.32 Å². The molecule has 0 unspecified atom stereocenters. The SMILES string of the molecule is CC(C)(C(=O)NC[C@@H]1CC[C@@H](C(N)=O)O1)c1ccc(Cl)cc1F. The first-order valence-electron chi connectivity index (χ1n) is 7.40. The van der Waals surface area contributed by atoms with Crippen LogP contribution in [-0.2, 0) is 19.7 Å². The Labute approximate surface area is 139 Å². The lowest BCUT2D eigenvalue weighted by Crippen LogP contribution is -2.43. The fourth-order valence-corrected chi connectivity index (χ4v) is 2.77. The fourth-order valence-electron chi connectivity index (χ4n) is 2.61. The van der Waals surface area contributed by atoms with E-state index in [4.69, 9.17) is 22.1 Å². The van der Waals surface area contributed by atoms with Crippen LogP contribution < -0.4 is 11.1 Å². The molecule has 2 amide bonds. The van der Waals surface area contributed by atoms with Gasteiger partial charge in [0.2, 0.25) is 11.8 Å². The van der Waals surface area contributed by atoms with Gasteiger partial charge in [0.05, 0.1) is 11.5 Å². The quantitative estimate of drug-likeness (QED) is 0.857. The van der Waals surface area contributed by atoms with Crippen LogP contribution in [0.4, 0.5) is 4.39 Å². The Kier molecular flexibility index (Phi) is 5.26. The molecule has 3 N–H and O–H groups in total. The minimum atomic E-state index is -1.06. The van der Waals surface area contributed by atoms with Gasteiger partial charge in [0.25, 0.3) is 0 Å². The smallest absolute Gasteiger partial charge is 0.246 e. The van der Waals surface area contributed by atoms with Crippen LogP contribution in [0.2, 0.25) is 5.02 Å². The molecule has 7 heteroatoms. The number of primary amides is 1. The molecule has 0 aliphatic carbocycles. The molecule has 0 spiro atoms. The normalized spacial score (nSPS) is 21.2. The van der Waals surface area contributed by atoms with E-state index in [0.29, 0.717) is 12.8 Å². The summed E-state index contributed by atoms with van der Waals surface area (Å²) in [4.78, 5) is 23.5. The summed E-state index contributed by atoms with van der Waals surface area (Å²) < 4.78 is 19.5. The van der Waals surface area contributed by atoms with Gasteiger partial charge < -0.3 is 15.8 Å². The summed E-state index contributed by atoms with van der Waals surface area (Å²) in [5.41, 5.74) is 4.39. The van der Waals surface area contributed by atoms with Crippen molar-refractivity contribution in [2.75, 3.05) is 6.54 Å². The maximum atomic E-state index is 14.0. The van der Waals surface area contributed by atoms with E-state index in [1.807, 2.05) is 0 Å². The van der Waals surface area contributed by atoms with E-state index in [-0.39, 0.29) is 29.1 Å². The van der Waals surface area contributed by atoms with Gasteiger partial charge in [-0.3, -0.25) is 9.59 Å². The third-order valence-corrected chi connectivity index (χ3v) is 4.32. The molecule has 2 rings (SSSR count). The lowest BCUT2D eigenvalue weighted by atomic mass is 9.83. The summed E-state index contributed by atoms with van der Waals surface area (Å²) in [6.45, 7) is 3.52. The lowest BCUT2D eigenvalue weighted by Gasteiger charge is -2.25. The van der Waals surface area contributed by atoms with E-state index in [9.17, 15) is 14.0 Å². The van der Waals surface area contributed by atoms with Crippen LogP contribution in [-0.4, -0.2) is 30.6 Å². The molecule has 1 aromatic carbocycles. The van der Waals surface area contributed by atoms with E-state index >= 15 is 0 Å². The highest BCUT2D eigenvalue weighted by Gasteiger charge is 2.34. The van der Waals surface area contributed by atoms with Crippen LogP contribution in [0, 0.1) is 5.82 Å². The fraction of sp³-hybridized carbons (Fsp3) is 0.500. The molecule has 0 bridgehead atoms. The van der Waals surface area contributed by atoms with Gasteiger partial charge in [-0.25, -0.2) is 4.39 Å². The van der Waals surface area contributed by atoms with Crippen LogP contribution in [0.5, 0.6) is 0 Å². The summed E-state index contributed by atoms with van der Waals surface area (Å²) in [5.74, 6) is -1.35. The van der Waals surface area contributed by atoms with Crippen LogP contribution in [0.1, 0.15) is 32.3 Å². The van der Waals surface area contributed by atoms with E-state index in [1.54, 1.807) is 19.9 Å². The number of carbonyl (C=O) groups is 2. The van der Waals surface area contributed by atoms with Gasteiger partial charge in [0.15, 0.2) is 0 Å². The zero-order chi connectivity index (χ0) is 17.2. The highest BCUT2D eigenvalue weighted by molar-refractivity contribution is 6.30. The second-order valence-corrected chi connectivity index (χ2v) is 6.62. The number of benzene rings is 1. The number of carbonyl (C=O) groups excluding carboxylic acids is 2. The zero-order valence-corrected chi connectivity index (χ0v) is 13.8. The number of hydrogen-bond acceptors (Lipinski definition) is 3. The van der Waals surface area contributed by atoms with E-state index in [0.717, 1.165) is 0 Å². The van der Waals surface area contributed by atoms with Gasteiger partial charge in [-0.1, -0.05) is 17.7 Å². The summed E-state index contributed by atoms with van der Waals surface area (Å²) >= 11 is 5.74. The standard InChI is InChI=1S/C16H20ClFN2O3/c1-16(2,11-5-3-9(17)7-12(11)18)15(22)20-8-10-4-6-13(23-10)14(19)21/h3,5,7,10,13H,4,6,8H2,1-2H3,(H2,19,21)(H,20,22)/t10-,13-/m0/s1. The summed E-state index contributed by atoms with van der Waals surface area (Å²) in [7, 11) is 0. The molecule has 1 aliphatic heterocycles. The molecule has 0 radical (unpaired) electrons. The maximum Gasteiger partial charge on any atom is 0.246 e. The average molecular weight is 343 g/mol. The molecular formula is C16H20ClFN2O3. The highest BCUT2D eigenvalue weighted by Crippen LogP contribution is 2.28. The van der Waals surface area contributed by atoms with Crippen LogP contribution in [0.3, 0.4) is 0 Å². The van der Waals surface area contributed by atoms with Crippen molar-refractivity contribution in [2.24, 2.45) is 5.73 Å². The number of nitrogens with two attached hydrogens (primary N) is 1. The van der Waals surface area contributed by atoms with Crippen molar-refractivity contribution in [1.82, 2.24) is 5.32 Å². The van der Waals surface area contributed by atoms with Crippen molar-refractivity contribution in [2.45, 2.75) is 44.3 Å². The molecule has 126 valence electrons. The largest absolute Gasteiger partial charge is 0.367 e. The summed E-state index contributed by atoms with van der Waals surface area (Å²) in [6.07, 6.45) is 0.329. The lowest BCUT2D eigenvalue weighted by molar-refractivity contribution is -0.129. The summed E-state index contributed by atoms with van der Waals surface area (Å²) in [5, 5.41) is 3.03. The van der Waals surface area contributed by atoms with E-state index < -0.39 is 23.2 Å². The molecule has 5 nitrogen and oxygen atoms in total. The Bertz CT molecular complexity index is 621. The number of ether oxygens (including phenoxy) is 1. The Morgan fingerprint density at radius 1 is 1.43 bits per heavy atom. The van der Waals surface area contributed by atoms with Crippen molar-refractivity contribution in [3.05, 3.63) is 34.6 Å². The van der Waals surface area contributed by atoms with E-state index in [1.165, 1.54) is 12.1 Å². The molecule has 0 saturated carbocycles. The Morgan fingerprint density at radius 2 is 2.13 bits per heavy atom. The minimum Gasteiger partial charge on any atom is -0.367 e. The molecule has 1 heterocycles. The van der Waals surface area contributed by atoms with Gasteiger partial charge in [0.1, 0.15) is 11.9 Å². The average Bonchev–Trinajstić information content (AvgIpc) is 2.93. The van der Waals surface area contributed by atoms with Gasteiger partial charge in [-0.05, 0) is 38.8 Å². The predicted molar refractivity (Wildman–Crippen MR) is 84.5 cm³/mol. The van der Waals surface area contributed by atoms with Crippen molar-refractivity contribution >= 4 is 23.4 Å². The van der Waals surface area contributed by atoms with Crippen LogP contribution in [0.15, 0.2) is 18.2 Å². The van der Waals surface area contributed by atoms with Gasteiger partial charge in [-0.2, -0.15) is 0 Å². The maximum absolute atomic E-state index is 14.0. The predicted octanol–water partition coefficient (Wildman–Crippen LogP) is 1.91. The number of halogens is 2. The third-order valence-electron chi connectivity index (χ3n) is 4.09. The molecular weight excluding hydrogens is 323 g/mol. The number of hydrogen-bond donors (Lipinski definition) is 2. The first-order valence-corrected chi connectivity index (χ1v) is 7.78. The molecule has 1 aliphatic rings. The molecule has 1 saturated heterocycles. The molecule has 1 aromatic rings. The second-order valence-electron chi connectivity index (χ2n) is 6.19. The first-order chi connectivity index (χ1) is 10.7. The van der Waals surface area contributed by atoms with Gasteiger partial charge in [0, 0.05) is 17.1 Å². The molecule has 23 heavy (non-hydrogen) atoms. The Morgan fingerprint density at radius 3 is 2.70 bits per heavy atom. The molecule has 2 atom stereocenters. The second kappa shape index (κ2) is 6.84. The third kappa shape index (κ3) is 4.00. The molecule has 1 fully saturated rings. The van der Waals surface area contributed by atoms with Gasteiger partial charge in [-0.15, -0.1) is 0 Å². The van der Waals surface area contributed by atoms with Crippen molar-refractivity contribution < 1.29 is 18.7 Å². The Balaban J connectivity index is 1.98. The van der Waals surface area contributed by atoms with Crippen molar-refractivity contribution in [3.8, 4) is 0 Å². The summed E-state index contributed by atoms with van der Waals surface area (Å²) in [6, 6.07) is 4.24. The van der Waals surface area contributed by atoms with Crippen LogP contribution in [0.25, 0.3) is 0 Å². The zero-order valence-electron chi connectivity index (χ0n) is 13.1. The topological polar surface area (TPSA) is 81.4 Å². The number of rotatable bonds is 5. The first kappa shape index (κ1) is 17.7.